The summed E-state index contributed by atoms with van der Waals surface area (Å²) < 4.78 is 27.5. The molecule has 1 atom stereocenters. The van der Waals surface area contributed by atoms with E-state index in [1.165, 1.54) is 22.5 Å². The molecule has 0 bridgehead atoms. The van der Waals surface area contributed by atoms with E-state index in [1.807, 2.05) is 35.2 Å². The van der Waals surface area contributed by atoms with Gasteiger partial charge in [-0.15, -0.1) is 0 Å². The third-order valence-electron chi connectivity index (χ3n) is 5.45. The molecule has 0 spiro atoms. The van der Waals surface area contributed by atoms with Gasteiger partial charge in [0, 0.05) is 32.2 Å². The molecule has 0 radical (unpaired) electrons. The van der Waals surface area contributed by atoms with Crippen LogP contribution >= 0.6 is 23.2 Å². The molecule has 2 aliphatic rings. The van der Waals surface area contributed by atoms with Crippen molar-refractivity contribution in [2.75, 3.05) is 26.2 Å². The highest BCUT2D eigenvalue weighted by Gasteiger charge is 2.36. The van der Waals surface area contributed by atoms with Crippen LogP contribution in [-0.4, -0.2) is 55.8 Å². The summed E-state index contributed by atoms with van der Waals surface area (Å²) in [7, 11) is -3.68. The Kier molecular flexibility index (Phi) is 6.36. The normalized spacial score (nSPS) is 19.4. The van der Waals surface area contributed by atoms with E-state index < -0.39 is 16.1 Å². The number of piperazine rings is 1. The molecule has 1 saturated carbocycles. The third kappa shape index (κ3) is 4.65. The van der Waals surface area contributed by atoms with E-state index in [2.05, 4.69) is 5.32 Å². The van der Waals surface area contributed by atoms with Crippen LogP contribution in [0.25, 0.3) is 0 Å². The first-order chi connectivity index (χ1) is 14.4. The number of nitrogens with one attached hydrogen (secondary N) is 1. The summed E-state index contributed by atoms with van der Waals surface area (Å²) in [6.07, 6.45) is 2.03. The van der Waals surface area contributed by atoms with Crippen molar-refractivity contribution in [2.24, 2.45) is 0 Å². The van der Waals surface area contributed by atoms with Crippen LogP contribution in [0.4, 0.5) is 0 Å². The van der Waals surface area contributed by atoms with Crippen molar-refractivity contribution < 1.29 is 13.2 Å². The Morgan fingerprint density at radius 2 is 1.63 bits per heavy atom. The van der Waals surface area contributed by atoms with Gasteiger partial charge in [-0.3, -0.25) is 9.69 Å². The first kappa shape index (κ1) is 21.6. The van der Waals surface area contributed by atoms with Gasteiger partial charge in [-0.1, -0.05) is 53.5 Å². The zero-order chi connectivity index (χ0) is 21.3. The minimum absolute atomic E-state index is 0.0236. The van der Waals surface area contributed by atoms with Gasteiger partial charge in [0.25, 0.3) is 0 Å². The van der Waals surface area contributed by atoms with Crippen molar-refractivity contribution in [1.29, 1.82) is 0 Å². The fraction of sp³-hybridized carbons (Fsp3) is 0.381. The van der Waals surface area contributed by atoms with Gasteiger partial charge in [-0.25, -0.2) is 8.42 Å². The van der Waals surface area contributed by atoms with Gasteiger partial charge in [0.15, 0.2) is 0 Å². The molecule has 160 valence electrons. The number of benzene rings is 2. The van der Waals surface area contributed by atoms with Crippen molar-refractivity contribution in [3.63, 3.8) is 0 Å². The van der Waals surface area contributed by atoms with Crippen molar-refractivity contribution in [3.8, 4) is 0 Å². The lowest BCUT2D eigenvalue weighted by molar-refractivity contribution is -0.127. The van der Waals surface area contributed by atoms with Crippen molar-refractivity contribution in [1.82, 2.24) is 14.5 Å². The zero-order valence-corrected chi connectivity index (χ0v) is 18.6. The number of nitrogens with zero attached hydrogens (tertiary/aromatic N) is 2. The molecule has 1 saturated heterocycles. The number of carbonyl (C=O) groups excluding carboxylic acids is 1. The van der Waals surface area contributed by atoms with Gasteiger partial charge >= 0.3 is 0 Å². The summed E-state index contributed by atoms with van der Waals surface area (Å²) in [6, 6.07) is 13.8. The minimum Gasteiger partial charge on any atom is -0.352 e. The number of rotatable bonds is 6. The molecule has 1 N–H and O–H groups in total. The molecule has 2 fully saturated rings. The second-order valence-corrected chi connectivity index (χ2v) is 10.4. The summed E-state index contributed by atoms with van der Waals surface area (Å²) in [4.78, 5) is 15.1. The molecular weight excluding hydrogens is 445 g/mol. The third-order valence-corrected chi connectivity index (χ3v) is 8.09. The van der Waals surface area contributed by atoms with Gasteiger partial charge in [0.05, 0.1) is 14.9 Å². The van der Waals surface area contributed by atoms with Crippen LogP contribution in [0.3, 0.4) is 0 Å². The number of hydrogen-bond donors (Lipinski definition) is 1. The average molecular weight is 468 g/mol. The monoisotopic (exact) mass is 467 g/mol. The standard InChI is InChI=1S/C21H23Cl2N3O3S/c22-18-9-8-17(14-19(18)23)30(28,29)26-12-10-25(11-13-26)20(15-4-2-1-3-5-15)21(27)24-16-6-7-16/h1-5,8-9,14,16,20H,6-7,10-13H2,(H,24,27)/t20-/m1/s1. The maximum Gasteiger partial charge on any atom is 0.243 e. The number of halogens is 2. The van der Waals surface area contributed by atoms with Crippen LogP contribution in [-0.2, 0) is 14.8 Å². The van der Waals surface area contributed by atoms with E-state index in [9.17, 15) is 13.2 Å². The van der Waals surface area contributed by atoms with Crippen molar-refractivity contribution >= 4 is 39.1 Å². The predicted molar refractivity (Wildman–Crippen MR) is 117 cm³/mol. The van der Waals surface area contributed by atoms with E-state index in [0.717, 1.165) is 18.4 Å². The first-order valence-electron chi connectivity index (χ1n) is 9.91. The number of hydrogen-bond acceptors (Lipinski definition) is 4. The molecule has 1 heterocycles. The van der Waals surface area contributed by atoms with Crippen LogP contribution in [0.1, 0.15) is 24.4 Å². The lowest BCUT2D eigenvalue weighted by Crippen LogP contribution is -2.52. The Morgan fingerprint density at radius 3 is 2.23 bits per heavy atom. The zero-order valence-electron chi connectivity index (χ0n) is 16.3. The lowest BCUT2D eigenvalue weighted by atomic mass is 10.0. The lowest BCUT2D eigenvalue weighted by Gasteiger charge is -2.38. The molecule has 6 nitrogen and oxygen atoms in total. The Balaban J connectivity index is 1.50. The fourth-order valence-corrected chi connectivity index (χ4v) is 5.47. The quantitative estimate of drug-likeness (QED) is 0.707. The summed E-state index contributed by atoms with van der Waals surface area (Å²) in [6.45, 7) is 1.50. The van der Waals surface area contributed by atoms with Gasteiger partial charge < -0.3 is 5.32 Å². The molecule has 1 amide bonds. The maximum absolute atomic E-state index is 13.0. The van der Waals surface area contributed by atoms with Crippen molar-refractivity contribution in [3.05, 3.63) is 64.1 Å². The largest absolute Gasteiger partial charge is 0.352 e. The van der Waals surface area contributed by atoms with Crippen LogP contribution in [0.5, 0.6) is 0 Å². The Morgan fingerprint density at radius 1 is 0.967 bits per heavy atom. The topological polar surface area (TPSA) is 69.7 Å². The molecule has 1 aliphatic carbocycles. The molecule has 9 heteroatoms. The maximum atomic E-state index is 13.0. The SMILES string of the molecule is O=C(NC1CC1)[C@@H](c1ccccc1)N1CCN(S(=O)(=O)c2ccc(Cl)c(Cl)c2)CC1. The number of carbonyl (C=O) groups is 1. The molecule has 0 unspecified atom stereocenters. The summed E-state index contributed by atoms with van der Waals surface area (Å²) in [5, 5.41) is 3.61. The number of sulfonamides is 1. The second kappa shape index (κ2) is 8.85. The van der Waals surface area contributed by atoms with Gasteiger partial charge in [0.2, 0.25) is 15.9 Å². The van der Waals surface area contributed by atoms with Gasteiger partial charge in [0.1, 0.15) is 6.04 Å². The smallest absolute Gasteiger partial charge is 0.243 e. The highest BCUT2D eigenvalue weighted by atomic mass is 35.5. The fourth-order valence-electron chi connectivity index (χ4n) is 3.66. The molecule has 4 rings (SSSR count). The van der Waals surface area contributed by atoms with E-state index in [0.29, 0.717) is 31.2 Å². The Labute approximate surface area is 186 Å². The molecule has 30 heavy (non-hydrogen) atoms. The van der Waals surface area contributed by atoms with Crippen molar-refractivity contribution in [2.45, 2.75) is 29.8 Å². The first-order valence-corrected chi connectivity index (χ1v) is 12.1. The highest BCUT2D eigenvalue weighted by Crippen LogP contribution is 2.29. The summed E-state index contributed by atoms with van der Waals surface area (Å²) >= 11 is 11.9. The summed E-state index contributed by atoms with van der Waals surface area (Å²) in [5.74, 6) is -0.0236. The molecule has 1 aliphatic heterocycles. The van der Waals surface area contributed by atoms with E-state index in [-0.39, 0.29) is 21.9 Å². The van der Waals surface area contributed by atoms with E-state index in [1.54, 1.807) is 0 Å². The van der Waals surface area contributed by atoms with Gasteiger partial charge in [-0.2, -0.15) is 4.31 Å². The second-order valence-electron chi connectivity index (χ2n) is 7.61. The summed E-state index contributed by atoms with van der Waals surface area (Å²) in [5.41, 5.74) is 0.913. The highest BCUT2D eigenvalue weighted by molar-refractivity contribution is 7.89. The predicted octanol–water partition coefficient (Wildman–Crippen LogP) is 3.32. The molecule has 0 aromatic heterocycles. The Hall–Kier alpha value is -1.64. The number of amides is 1. The molecular formula is C21H23Cl2N3O3S. The Bertz CT molecular complexity index is 1020. The van der Waals surface area contributed by atoms with Crippen LogP contribution in [0, 0.1) is 0 Å². The van der Waals surface area contributed by atoms with Gasteiger partial charge in [-0.05, 0) is 36.6 Å². The van der Waals surface area contributed by atoms with Crippen LogP contribution in [0.15, 0.2) is 53.4 Å². The van der Waals surface area contributed by atoms with Crippen LogP contribution in [0.2, 0.25) is 10.0 Å². The van der Waals surface area contributed by atoms with E-state index >= 15 is 0 Å². The minimum atomic E-state index is -3.68. The molecule has 2 aromatic rings. The van der Waals surface area contributed by atoms with E-state index in [4.69, 9.17) is 23.2 Å². The van der Waals surface area contributed by atoms with Crippen LogP contribution < -0.4 is 5.32 Å². The average Bonchev–Trinajstić information content (AvgIpc) is 3.55. The molecule has 2 aromatic carbocycles.